The molecule has 2 rings (SSSR count). The Morgan fingerprint density at radius 1 is 1.14 bits per heavy atom. The van der Waals surface area contributed by atoms with Gasteiger partial charge in [-0.05, 0) is 29.8 Å². The number of benzene rings is 2. The topological polar surface area (TPSA) is 64.9 Å². The van der Waals surface area contributed by atoms with Crippen molar-refractivity contribution in [2.45, 2.75) is 6.18 Å². The molecule has 0 bridgehead atoms. The largest absolute Gasteiger partial charge is 0.504 e. The third kappa shape index (κ3) is 3.62. The highest BCUT2D eigenvalue weighted by Crippen LogP contribution is 2.35. The monoisotopic (exact) mass is 330 g/mol. The summed E-state index contributed by atoms with van der Waals surface area (Å²) in [6, 6.07) is 7.36. The van der Waals surface area contributed by atoms with Gasteiger partial charge >= 0.3 is 6.18 Å². The van der Waals surface area contributed by atoms with Crippen LogP contribution in [0.15, 0.2) is 41.5 Å². The van der Waals surface area contributed by atoms with Gasteiger partial charge in [-0.1, -0.05) is 23.7 Å². The van der Waals surface area contributed by atoms with Gasteiger partial charge < -0.3 is 10.2 Å². The number of nitrogens with zero attached hydrogens (tertiary/aromatic N) is 1. The Hall–Kier alpha value is -2.41. The number of para-hydroxylation sites is 1. The average Bonchev–Trinajstić information content (AvgIpc) is 2.44. The zero-order valence-electron chi connectivity index (χ0n) is 10.9. The van der Waals surface area contributed by atoms with Gasteiger partial charge in [0.2, 0.25) is 0 Å². The van der Waals surface area contributed by atoms with Crippen molar-refractivity contribution >= 4 is 23.5 Å². The van der Waals surface area contributed by atoms with Crippen LogP contribution in [-0.2, 0) is 6.18 Å². The minimum atomic E-state index is -4.50. The third-order valence-electron chi connectivity index (χ3n) is 2.70. The second-order valence-electron chi connectivity index (χ2n) is 4.28. The van der Waals surface area contributed by atoms with E-state index in [1.807, 2.05) is 0 Å². The molecule has 0 aliphatic rings. The van der Waals surface area contributed by atoms with E-state index in [-0.39, 0.29) is 10.7 Å². The molecule has 22 heavy (non-hydrogen) atoms. The molecule has 2 aromatic carbocycles. The van der Waals surface area contributed by atoms with E-state index < -0.39 is 23.2 Å². The number of rotatable bonds is 3. The Kier molecular flexibility index (Phi) is 4.46. The van der Waals surface area contributed by atoms with E-state index in [1.54, 1.807) is 0 Å². The normalized spacial score (nSPS) is 11.8. The lowest BCUT2D eigenvalue weighted by molar-refractivity contribution is -0.136. The first-order valence-electron chi connectivity index (χ1n) is 5.96. The number of halogens is 4. The lowest BCUT2D eigenvalue weighted by atomic mass is 10.2. The zero-order valence-corrected chi connectivity index (χ0v) is 11.7. The van der Waals surface area contributed by atoms with Crippen LogP contribution in [0, 0.1) is 0 Å². The van der Waals surface area contributed by atoms with Gasteiger partial charge in [-0.2, -0.15) is 18.3 Å². The Labute approximate surface area is 128 Å². The fourth-order valence-electron chi connectivity index (χ4n) is 1.68. The molecule has 0 fully saturated rings. The van der Waals surface area contributed by atoms with Crippen molar-refractivity contribution in [3.63, 3.8) is 0 Å². The van der Waals surface area contributed by atoms with Crippen molar-refractivity contribution in [3.05, 3.63) is 52.5 Å². The highest BCUT2D eigenvalue weighted by molar-refractivity contribution is 6.32. The number of hydrazone groups is 1. The molecule has 0 unspecified atom stereocenters. The number of phenolic OH excluding ortho intramolecular Hbond substituents is 2. The molecule has 0 spiro atoms. The average molecular weight is 331 g/mol. The van der Waals surface area contributed by atoms with Gasteiger partial charge in [-0.15, -0.1) is 0 Å². The number of nitrogens with one attached hydrogen (secondary N) is 1. The molecule has 0 saturated heterocycles. The van der Waals surface area contributed by atoms with E-state index in [0.717, 1.165) is 12.3 Å². The molecule has 3 N–H and O–H groups in total. The molecule has 0 amide bonds. The predicted octanol–water partition coefficient (Wildman–Crippen LogP) is 4.22. The van der Waals surface area contributed by atoms with Crippen molar-refractivity contribution in [3.8, 4) is 11.5 Å². The van der Waals surface area contributed by atoms with Crippen molar-refractivity contribution in [2.75, 3.05) is 5.43 Å². The minimum Gasteiger partial charge on any atom is -0.504 e. The molecule has 116 valence electrons. The summed E-state index contributed by atoms with van der Waals surface area (Å²) in [5.74, 6) is -0.932. The van der Waals surface area contributed by atoms with Gasteiger partial charge in [0.1, 0.15) is 0 Å². The van der Waals surface area contributed by atoms with Gasteiger partial charge in [0.05, 0.1) is 22.5 Å². The van der Waals surface area contributed by atoms with Crippen molar-refractivity contribution in [2.24, 2.45) is 5.10 Å². The maximum absolute atomic E-state index is 12.8. The molecule has 2 aromatic rings. The fourth-order valence-corrected chi connectivity index (χ4v) is 1.91. The van der Waals surface area contributed by atoms with E-state index in [9.17, 15) is 23.4 Å². The first-order chi connectivity index (χ1) is 10.3. The van der Waals surface area contributed by atoms with Crippen molar-refractivity contribution in [1.29, 1.82) is 0 Å². The second kappa shape index (κ2) is 6.15. The molecule has 0 heterocycles. The van der Waals surface area contributed by atoms with Gasteiger partial charge in [0.15, 0.2) is 11.5 Å². The molecule has 4 nitrogen and oxygen atoms in total. The van der Waals surface area contributed by atoms with Gasteiger partial charge in [-0.25, -0.2) is 0 Å². The maximum atomic E-state index is 12.8. The SMILES string of the molecule is Oc1cc(/C=N/Nc2ccccc2C(F)(F)F)cc(Cl)c1O. The number of hydrogen-bond donors (Lipinski definition) is 3. The van der Waals surface area contributed by atoms with Crippen LogP contribution in [0.25, 0.3) is 0 Å². The number of alkyl halides is 3. The second-order valence-corrected chi connectivity index (χ2v) is 4.69. The molecule has 0 aliphatic carbocycles. The van der Waals surface area contributed by atoms with Crippen LogP contribution in [0.5, 0.6) is 11.5 Å². The number of phenols is 2. The molecule has 8 heteroatoms. The predicted molar refractivity (Wildman–Crippen MR) is 77.4 cm³/mol. The molecule has 0 radical (unpaired) electrons. The Balaban J connectivity index is 2.21. The van der Waals surface area contributed by atoms with Crippen molar-refractivity contribution < 1.29 is 23.4 Å². The van der Waals surface area contributed by atoms with Crippen LogP contribution in [0.4, 0.5) is 18.9 Å². The van der Waals surface area contributed by atoms with E-state index in [1.165, 1.54) is 30.3 Å². The standard InChI is InChI=1S/C14H10ClF3N2O2/c15-10-5-8(6-12(21)13(10)22)7-19-20-11-4-2-1-3-9(11)14(16,17)18/h1-7,20-22H/b19-7+. The van der Waals surface area contributed by atoms with Crippen LogP contribution >= 0.6 is 11.6 Å². The van der Waals surface area contributed by atoms with Gasteiger partial charge in [-0.3, -0.25) is 5.43 Å². The Morgan fingerprint density at radius 3 is 2.45 bits per heavy atom. The van der Waals surface area contributed by atoms with Crippen LogP contribution in [0.2, 0.25) is 5.02 Å². The molecule has 0 saturated carbocycles. The fraction of sp³-hybridized carbons (Fsp3) is 0.0714. The quantitative estimate of drug-likeness (QED) is 0.448. The minimum absolute atomic E-state index is 0.0999. The van der Waals surface area contributed by atoms with E-state index >= 15 is 0 Å². The van der Waals surface area contributed by atoms with E-state index in [4.69, 9.17) is 11.6 Å². The summed E-state index contributed by atoms with van der Waals surface area (Å²) in [5.41, 5.74) is 1.53. The molecule has 0 aliphatic heterocycles. The Morgan fingerprint density at radius 2 is 1.82 bits per heavy atom. The smallest absolute Gasteiger partial charge is 0.418 e. The summed E-state index contributed by atoms with van der Waals surface area (Å²) >= 11 is 5.66. The first-order valence-corrected chi connectivity index (χ1v) is 6.33. The Bertz CT molecular complexity index is 694. The summed E-state index contributed by atoms with van der Waals surface area (Å²) in [7, 11) is 0. The zero-order chi connectivity index (χ0) is 16.3. The summed E-state index contributed by atoms with van der Waals surface area (Å²) in [6.45, 7) is 0. The van der Waals surface area contributed by atoms with Crippen LogP contribution in [0.1, 0.15) is 11.1 Å². The van der Waals surface area contributed by atoms with E-state index in [0.29, 0.717) is 5.56 Å². The van der Waals surface area contributed by atoms with E-state index in [2.05, 4.69) is 10.5 Å². The van der Waals surface area contributed by atoms with Crippen LogP contribution < -0.4 is 5.43 Å². The van der Waals surface area contributed by atoms with Gasteiger partial charge in [0.25, 0.3) is 0 Å². The molecular formula is C14H10ClF3N2O2. The third-order valence-corrected chi connectivity index (χ3v) is 2.98. The number of hydrogen-bond acceptors (Lipinski definition) is 4. The summed E-state index contributed by atoms with van der Waals surface area (Å²) < 4.78 is 38.3. The molecular weight excluding hydrogens is 321 g/mol. The van der Waals surface area contributed by atoms with Gasteiger partial charge in [0, 0.05) is 0 Å². The number of anilines is 1. The first kappa shape index (κ1) is 16.0. The van der Waals surface area contributed by atoms with Crippen LogP contribution in [-0.4, -0.2) is 16.4 Å². The lowest BCUT2D eigenvalue weighted by Gasteiger charge is -2.11. The number of aromatic hydroxyl groups is 2. The lowest BCUT2D eigenvalue weighted by Crippen LogP contribution is -2.08. The highest BCUT2D eigenvalue weighted by atomic mass is 35.5. The summed E-state index contributed by atoms with van der Waals surface area (Å²) in [4.78, 5) is 0. The van der Waals surface area contributed by atoms with Crippen molar-refractivity contribution in [1.82, 2.24) is 0 Å². The van der Waals surface area contributed by atoms with Crippen LogP contribution in [0.3, 0.4) is 0 Å². The highest BCUT2D eigenvalue weighted by Gasteiger charge is 2.33. The molecule has 0 atom stereocenters. The summed E-state index contributed by atoms with van der Waals surface area (Å²) in [5, 5.41) is 22.2. The maximum Gasteiger partial charge on any atom is 0.418 e. The molecule has 0 aromatic heterocycles. The summed E-state index contributed by atoms with van der Waals surface area (Å²) in [6.07, 6.45) is -3.34.